The predicted octanol–water partition coefficient (Wildman–Crippen LogP) is 2.35. The molecule has 0 bridgehead atoms. The smallest absolute Gasteiger partial charge is 0.410 e. The minimum atomic E-state index is -1.23. The van der Waals surface area contributed by atoms with Crippen molar-refractivity contribution in [2.24, 2.45) is 5.73 Å². The van der Waals surface area contributed by atoms with E-state index >= 15 is 0 Å². The number of hydrogen-bond donors (Lipinski definition) is 1. The van der Waals surface area contributed by atoms with Gasteiger partial charge in [0, 0.05) is 22.7 Å². The van der Waals surface area contributed by atoms with Crippen LogP contribution in [0.2, 0.25) is 51.4 Å². The lowest BCUT2D eigenvalue weighted by atomic mass is 10.2. The lowest BCUT2D eigenvalue weighted by molar-refractivity contribution is -0.144. The first kappa shape index (κ1) is 20.2. The maximum absolute atomic E-state index is 11.9. The zero-order chi connectivity index (χ0) is 17.8. The minimum absolute atomic E-state index is 0.284. The molecule has 1 saturated heterocycles. The number of rotatable bonds is 8. The van der Waals surface area contributed by atoms with E-state index in [-0.39, 0.29) is 12.1 Å². The van der Waals surface area contributed by atoms with Crippen LogP contribution in [0.1, 0.15) is 0 Å². The van der Waals surface area contributed by atoms with Crippen molar-refractivity contribution in [1.29, 1.82) is 0 Å². The van der Waals surface area contributed by atoms with Crippen molar-refractivity contribution in [1.82, 2.24) is 4.90 Å². The van der Waals surface area contributed by atoms with Crippen LogP contribution in [0.15, 0.2) is 0 Å². The molecule has 1 amide bonds. The fourth-order valence-corrected chi connectivity index (χ4v) is 3.34. The summed E-state index contributed by atoms with van der Waals surface area (Å²) in [5.74, 6) is -0.425. The third-order valence-corrected chi connectivity index (χ3v) is 7.15. The van der Waals surface area contributed by atoms with Gasteiger partial charge in [-0.2, -0.15) is 0 Å². The molecule has 23 heavy (non-hydrogen) atoms. The van der Waals surface area contributed by atoms with Gasteiger partial charge in [0.2, 0.25) is 0 Å². The fraction of sp³-hybridized carbons (Fsp3) is 0.867. The van der Waals surface area contributed by atoms with Gasteiger partial charge in [-0.25, -0.2) is 4.79 Å². The fourth-order valence-electron chi connectivity index (χ4n) is 1.91. The summed E-state index contributed by atoms with van der Waals surface area (Å²) in [6, 6.07) is 0.788. The number of esters is 1. The van der Waals surface area contributed by atoms with E-state index in [4.69, 9.17) is 15.2 Å². The van der Waals surface area contributed by atoms with Gasteiger partial charge in [-0.05, 0) is 12.1 Å². The molecule has 1 aliphatic heterocycles. The first-order valence-corrected chi connectivity index (χ1v) is 15.7. The van der Waals surface area contributed by atoms with Crippen LogP contribution in [-0.2, 0) is 14.3 Å². The maximum Gasteiger partial charge on any atom is 0.410 e. The van der Waals surface area contributed by atoms with E-state index in [0.29, 0.717) is 19.8 Å². The number of nitrogens with zero attached hydrogens (tertiary/aromatic N) is 1. The Hall–Kier alpha value is -0.866. The van der Waals surface area contributed by atoms with Crippen LogP contribution in [0.25, 0.3) is 0 Å². The second-order valence-corrected chi connectivity index (χ2v) is 19.9. The molecule has 1 rings (SSSR count). The quantitative estimate of drug-likeness (QED) is 0.408. The monoisotopic (exact) mass is 360 g/mol. The molecule has 0 radical (unpaired) electrons. The molecule has 2 atom stereocenters. The minimum Gasteiger partial charge on any atom is -0.465 e. The third-order valence-electron chi connectivity index (χ3n) is 3.75. The van der Waals surface area contributed by atoms with Crippen LogP contribution in [0.4, 0.5) is 4.79 Å². The van der Waals surface area contributed by atoms with Gasteiger partial charge in [0.1, 0.15) is 6.04 Å². The summed E-state index contributed by atoms with van der Waals surface area (Å²) in [5.41, 5.74) is 5.89. The average Bonchev–Trinajstić information content (AvgIpc) is 3.14. The zero-order valence-corrected chi connectivity index (χ0v) is 17.3. The summed E-state index contributed by atoms with van der Waals surface area (Å²) in [6.45, 7) is 14.7. The van der Waals surface area contributed by atoms with E-state index in [1.54, 1.807) is 0 Å². The van der Waals surface area contributed by atoms with Gasteiger partial charge in [-0.15, -0.1) is 0 Å². The molecule has 1 aliphatic rings. The molecular formula is C15H32N2O4Si2. The van der Waals surface area contributed by atoms with Crippen molar-refractivity contribution in [2.45, 2.75) is 63.5 Å². The van der Waals surface area contributed by atoms with Crippen LogP contribution in [0, 0.1) is 0 Å². The van der Waals surface area contributed by atoms with Crippen molar-refractivity contribution >= 4 is 28.2 Å². The van der Waals surface area contributed by atoms with E-state index in [9.17, 15) is 9.59 Å². The Kier molecular flexibility index (Phi) is 6.85. The first-order chi connectivity index (χ1) is 10.4. The molecule has 0 aromatic carbocycles. The van der Waals surface area contributed by atoms with E-state index in [1.165, 1.54) is 4.90 Å². The average molecular weight is 361 g/mol. The van der Waals surface area contributed by atoms with Gasteiger partial charge in [-0.1, -0.05) is 39.3 Å². The highest BCUT2D eigenvalue weighted by Gasteiger charge is 2.47. The van der Waals surface area contributed by atoms with Crippen LogP contribution >= 0.6 is 0 Å². The van der Waals surface area contributed by atoms with Gasteiger partial charge in [0.05, 0.1) is 19.3 Å². The molecule has 0 aromatic heterocycles. The molecule has 0 aromatic rings. The highest BCUT2D eigenvalue weighted by Crippen LogP contribution is 2.22. The molecule has 8 heteroatoms. The number of carbonyl (C=O) groups is 2. The molecule has 0 saturated carbocycles. The van der Waals surface area contributed by atoms with Gasteiger partial charge in [-0.3, -0.25) is 9.69 Å². The molecule has 2 N–H and O–H groups in total. The topological polar surface area (TPSA) is 81.6 Å². The SMILES string of the molecule is C[Si](C)(C)CCOC(=O)C(N)C1CN1C(=O)OCC[Si](C)(C)C. The van der Waals surface area contributed by atoms with Crippen molar-refractivity contribution in [3.63, 3.8) is 0 Å². The number of nitrogens with two attached hydrogens (primary N) is 1. The van der Waals surface area contributed by atoms with Crippen LogP contribution in [0.5, 0.6) is 0 Å². The summed E-state index contributed by atoms with van der Waals surface area (Å²) in [5, 5.41) is 0. The maximum atomic E-state index is 11.9. The van der Waals surface area contributed by atoms with E-state index in [0.717, 1.165) is 12.1 Å². The number of ether oxygens (including phenoxy) is 2. The molecule has 0 spiro atoms. The van der Waals surface area contributed by atoms with Crippen molar-refractivity contribution in [3.8, 4) is 0 Å². The Morgan fingerprint density at radius 1 is 1.04 bits per heavy atom. The summed E-state index contributed by atoms with van der Waals surface area (Å²) in [7, 11) is -2.45. The number of carbonyl (C=O) groups excluding carboxylic acids is 2. The normalized spacial score (nSPS) is 19.3. The summed E-state index contributed by atoms with van der Waals surface area (Å²) < 4.78 is 10.5. The van der Waals surface area contributed by atoms with E-state index in [1.807, 2.05) is 0 Å². The molecule has 6 nitrogen and oxygen atoms in total. The molecule has 1 fully saturated rings. The van der Waals surface area contributed by atoms with Crippen molar-refractivity contribution < 1.29 is 19.1 Å². The Balaban J connectivity index is 2.27. The Bertz CT molecular complexity index is 432. The highest BCUT2D eigenvalue weighted by atomic mass is 28.3. The Morgan fingerprint density at radius 3 is 2.00 bits per heavy atom. The van der Waals surface area contributed by atoms with Gasteiger partial charge >= 0.3 is 12.1 Å². The zero-order valence-electron chi connectivity index (χ0n) is 15.3. The second-order valence-electron chi connectivity index (χ2n) is 8.65. The van der Waals surface area contributed by atoms with Gasteiger partial charge < -0.3 is 15.2 Å². The molecule has 1 heterocycles. The standard InChI is InChI=1S/C15H32N2O4Si2/c1-22(2,3)9-7-20-14(18)13(16)12-11-17(12)15(19)21-8-10-23(4,5)6/h12-13H,7-11,16H2,1-6H3. The Labute approximate surface area is 141 Å². The van der Waals surface area contributed by atoms with Gasteiger partial charge in [0.25, 0.3) is 0 Å². The lowest BCUT2D eigenvalue weighted by Crippen LogP contribution is -2.40. The number of hydrogen-bond acceptors (Lipinski definition) is 5. The lowest BCUT2D eigenvalue weighted by Gasteiger charge is -2.17. The number of amides is 1. The predicted molar refractivity (Wildman–Crippen MR) is 97.1 cm³/mol. The largest absolute Gasteiger partial charge is 0.465 e. The molecular weight excluding hydrogens is 328 g/mol. The van der Waals surface area contributed by atoms with Crippen LogP contribution in [0.3, 0.4) is 0 Å². The second kappa shape index (κ2) is 7.80. The van der Waals surface area contributed by atoms with Gasteiger partial charge in [0.15, 0.2) is 0 Å². The summed E-state index contributed by atoms with van der Waals surface area (Å²) in [6.07, 6.45) is -0.376. The van der Waals surface area contributed by atoms with Crippen LogP contribution in [-0.4, -0.2) is 65.0 Å². The first-order valence-electron chi connectivity index (χ1n) is 8.26. The van der Waals surface area contributed by atoms with E-state index in [2.05, 4.69) is 39.3 Å². The van der Waals surface area contributed by atoms with Crippen molar-refractivity contribution in [2.75, 3.05) is 19.8 Å². The third kappa shape index (κ3) is 7.98. The van der Waals surface area contributed by atoms with E-state index < -0.39 is 28.2 Å². The summed E-state index contributed by atoms with van der Waals surface area (Å²) in [4.78, 5) is 25.3. The molecule has 134 valence electrons. The van der Waals surface area contributed by atoms with Crippen LogP contribution < -0.4 is 5.73 Å². The summed E-state index contributed by atoms with van der Waals surface area (Å²) >= 11 is 0. The Morgan fingerprint density at radius 2 is 1.52 bits per heavy atom. The van der Waals surface area contributed by atoms with Crippen molar-refractivity contribution in [3.05, 3.63) is 0 Å². The molecule has 0 aliphatic carbocycles. The molecule has 2 unspecified atom stereocenters. The highest BCUT2D eigenvalue weighted by molar-refractivity contribution is 6.76.